The number of allylic oxidation sites excluding steroid dienone is 1. The molecule has 4 rings (SSSR count). The SMILES string of the molecule is C[C@@H](O)[C@@H]1CC[C@H]2[C@@H]3CC=C4C[C@@H](O)CC[C@]4(C)[C@@H]3CC[C@@]21C. The van der Waals surface area contributed by atoms with Gasteiger partial charge in [0.1, 0.15) is 0 Å². The molecule has 130 valence electrons. The molecule has 8 atom stereocenters. The number of aliphatic hydroxyl groups is 2. The second-order valence-corrected chi connectivity index (χ2v) is 9.62. The Labute approximate surface area is 141 Å². The molecule has 3 fully saturated rings. The molecular weight excluding hydrogens is 284 g/mol. The zero-order valence-corrected chi connectivity index (χ0v) is 15.1. The first-order valence-electron chi connectivity index (χ1n) is 9.92. The van der Waals surface area contributed by atoms with Gasteiger partial charge in [-0.3, -0.25) is 0 Å². The second kappa shape index (κ2) is 5.33. The minimum Gasteiger partial charge on any atom is -0.393 e. The minimum atomic E-state index is -0.156. The molecule has 2 nitrogen and oxygen atoms in total. The van der Waals surface area contributed by atoms with Crippen LogP contribution in [-0.2, 0) is 0 Å². The zero-order valence-electron chi connectivity index (χ0n) is 15.1. The van der Waals surface area contributed by atoms with Crippen molar-refractivity contribution in [2.75, 3.05) is 0 Å². The van der Waals surface area contributed by atoms with Crippen molar-refractivity contribution in [2.24, 2.45) is 34.5 Å². The summed E-state index contributed by atoms with van der Waals surface area (Å²) in [5.41, 5.74) is 2.25. The van der Waals surface area contributed by atoms with E-state index in [9.17, 15) is 10.2 Å². The van der Waals surface area contributed by atoms with Gasteiger partial charge in [-0.15, -0.1) is 0 Å². The van der Waals surface area contributed by atoms with Crippen LogP contribution in [0.1, 0.15) is 72.1 Å². The standard InChI is InChI=1S/C21H34O2/c1-13(22)17-6-7-18-16-5-4-14-12-15(23)8-10-20(14,2)19(16)9-11-21(17,18)3/h4,13,15-19,22-23H,5-12H2,1-3H3/t13-,15+,16+,17+,18+,19-,20+,21-/m1/s1. The van der Waals surface area contributed by atoms with Crippen molar-refractivity contribution in [1.29, 1.82) is 0 Å². The van der Waals surface area contributed by atoms with Gasteiger partial charge in [0.2, 0.25) is 0 Å². The molecule has 23 heavy (non-hydrogen) atoms. The van der Waals surface area contributed by atoms with Gasteiger partial charge in [-0.2, -0.15) is 0 Å². The monoisotopic (exact) mass is 318 g/mol. The summed E-state index contributed by atoms with van der Waals surface area (Å²) >= 11 is 0. The average Bonchev–Trinajstić information content (AvgIpc) is 2.85. The smallest absolute Gasteiger partial charge is 0.0577 e. The molecule has 0 unspecified atom stereocenters. The highest BCUT2D eigenvalue weighted by molar-refractivity contribution is 5.25. The van der Waals surface area contributed by atoms with E-state index in [2.05, 4.69) is 19.9 Å². The van der Waals surface area contributed by atoms with Gasteiger partial charge in [0, 0.05) is 0 Å². The normalized spacial score (nSPS) is 53.8. The Morgan fingerprint density at radius 1 is 1.09 bits per heavy atom. The maximum absolute atomic E-state index is 10.3. The third-order valence-corrected chi connectivity index (χ3v) is 8.73. The maximum Gasteiger partial charge on any atom is 0.0577 e. The van der Waals surface area contributed by atoms with Gasteiger partial charge in [0.25, 0.3) is 0 Å². The first kappa shape index (κ1) is 16.1. The van der Waals surface area contributed by atoms with Gasteiger partial charge in [-0.1, -0.05) is 25.5 Å². The molecule has 4 aliphatic carbocycles. The molecule has 0 bridgehead atoms. The fourth-order valence-corrected chi connectivity index (χ4v) is 7.47. The molecule has 2 N–H and O–H groups in total. The number of aliphatic hydroxyl groups excluding tert-OH is 2. The van der Waals surface area contributed by atoms with Crippen molar-refractivity contribution in [3.63, 3.8) is 0 Å². The molecule has 0 heterocycles. The van der Waals surface area contributed by atoms with E-state index in [1.165, 1.54) is 38.5 Å². The molecule has 3 saturated carbocycles. The number of hydrogen-bond donors (Lipinski definition) is 2. The summed E-state index contributed by atoms with van der Waals surface area (Å²) in [6.07, 6.45) is 11.7. The Kier molecular flexibility index (Phi) is 3.74. The highest BCUT2D eigenvalue weighted by atomic mass is 16.3. The van der Waals surface area contributed by atoms with E-state index < -0.39 is 0 Å². The van der Waals surface area contributed by atoms with Crippen LogP contribution in [-0.4, -0.2) is 22.4 Å². The lowest BCUT2D eigenvalue weighted by molar-refractivity contribution is -0.0675. The molecule has 2 heteroatoms. The van der Waals surface area contributed by atoms with E-state index in [-0.39, 0.29) is 12.2 Å². The molecule has 0 spiro atoms. The number of hydrogen-bond acceptors (Lipinski definition) is 2. The van der Waals surface area contributed by atoms with Crippen LogP contribution in [0.25, 0.3) is 0 Å². The average molecular weight is 319 g/mol. The Morgan fingerprint density at radius 2 is 1.87 bits per heavy atom. The summed E-state index contributed by atoms with van der Waals surface area (Å²) in [4.78, 5) is 0. The van der Waals surface area contributed by atoms with Crippen molar-refractivity contribution in [1.82, 2.24) is 0 Å². The van der Waals surface area contributed by atoms with E-state index in [0.29, 0.717) is 16.7 Å². The summed E-state index contributed by atoms with van der Waals surface area (Å²) in [5.74, 6) is 2.91. The van der Waals surface area contributed by atoms with Crippen molar-refractivity contribution >= 4 is 0 Å². The highest BCUT2D eigenvalue weighted by Gasteiger charge is 2.59. The van der Waals surface area contributed by atoms with Crippen molar-refractivity contribution < 1.29 is 10.2 Å². The van der Waals surface area contributed by atoms with Gasteiger partial charge < -0.3 is 10.2 Å². The van der Waals surface area contributed by atoms with Crippen LogP contribution in [0, 0.1) is 34.5 Å². The predicted molar refractivity (Wildman–Crippen MR) is 92.9 cm³/mol. The Bertz CT molecular complexity index is 510. The lowest BCUT2D eigenvalue weighted by Crippen LogP contribution is -2.51. The Hall–Kier alpha value is -0.340. The first-order chi connectivity index (χ1) is 10.9. The molecule has 0 aromatic carbocycles. The van der Waals surface area contributed by atoms with Crippen molar-refractivity contribution in [2.45, 2.75) is 84.3 Å². The first-order valence-corrected chi connectivity index (χ1v) is 9.92. The molecule has 0 saturated heterocycles. The molecular formula is C21H34O2. The van der Waals surface area contributed by atoms with Crippen molar-refractivity contribution in [3.8, 4) is 0 Å². The van der Waals surface area contributed by atoms with E-state index >= 15 is 0 Å². The number of fused-ring (bicyclic) bond motifs is 5. The lowest BCUT2D eigenvalue weighted by atomic mass is 9.47. The molecule has 0 aromatic heterocycles. The van der Waals surface area contributed by atoms with Crippen LogP contribution in [0.2, 0.25) is 0 Å². The third-order valence-electron chi connectivity index (χ3n) is 8.73. The van der Waals surface area contributed by atoms with Crippen LogP contribution in [0.15, 0.2) is 11.6 Å². The second-order valence-electron chi connectivity index (χ2n) is 9.62. The topological polar surface area (TPSA) is 40.5 Å². The Morgan fingerprint density at radius 3 is 2.61 bits per heavy atom. The summed E-state index contributed by atoms with van der Waals surface area (Å²) in [5, 5.41) is 20.4. The van der Waals surface area contributed by atoms with Crippen LogP contribution in [0.3, 0.4) is 0 Å². The van der Waals surface area contributed by atoms with E-state index in [0.717, 1.165) is 30.6 Å². The largest absolute Gasteiger partial charge is 0.393 e. The molecule has 0 radical (unpaired) electrons. The van der Waals surface area contributed by atoms with Gasteiger partial charge >= 0.3 is 0 Å². The fraction of sp³-hybridized carbons (Fsp3) is 0.905. The fourth-order valence-electron chi connectivity index (χ4n) is 7.47. The molecule has 0 aliphatic heterocycles. The summed E-state index contributed by atoms with van der Waals surface area (Å²) in [6.45, 7) is 6.98. The van der Waals surface area contributed by atoms with E-state index in [1.54, 1.807) is 5.57 Å². The van der Waals surface area contributed by atoms with Gasteiger partial charge in [0.15, 0.2) is 0 Å². The van der Waals surface area contributed by atoms with Gasteiger partial charge in [0.05, 0.1) is 12.2 Å². The lowest BCUT2D eigenvalue weighted by Gasteiger charge is -2.58. The van der Waals surface area contributed by atoms with E-state index in [4.69, 9.17) is 0 Å². The molecule has 0 aromatic rings. The maximum atomic E-state index is 10.3. The Balaban J connectivity index is 1.65. The summed E-state index contributed by atoms with van der Waals surface area (Å²) in [6, 6.07) is 0. The molecule has 4 aliphatic rings. The van der Waals surface area contributed by atoms with E-state index in [1.807, 2.05) is 6.92 Å². The number of rotatable bonds is 1. The third kappa shape index (κ3) is 2.20. The van der Waals surface area contributed by atoms with Crippen molar-refractivity contribution in [3.05, 3.63) is 11.6 Å². The van der Waals surface area contributed by atoms with Crippen LogP contribution in [0.4, 0.5) is 0 Å². The summed E-state index contributed by atoms with van der Waals surface area (Å²) in [7, 11) is 0. The summed E-state index contributed by atoms with van der Waals surface area (Å²) < 4.78 is 0. The minimum absolute atomic E-state index is 0.106. The predicted octanol–water partition coefficient (Wildman–Crippen LogP) is 4.31. The van der Waals surface area contributed by atoms with Crippen LogP contribution < -0.4 is 0 Å². The quantitative estimate of drug-likeness (QED) is 0.707. The van der Waals surface area contributed by atoms with Crippen LogP contribution >= 0.6 is 0 Å². The zero-order chi connectivity index (χ0) is 16.4. The molecule has 0 amide bonds. The van der Waals surface area contributed by atoms with Crippen LogP contribution in [0.5, 0.6) is 0 Å². The van der Waals surface area contributed by atoms with Gasteiger partial charge in [-0.05, 0) is 92.8 Å². The highest BCUT2D eigenvalue weighted by Crippen LogP contribution is 2.66. The van der Waals surface area contributed by atoms with Gasteiger partial charge in [-0.25, -0.2) is 0 Å².